The van der Waals surface area contributed by atoms with Gasteiger partial charge in [-0.3, -0.25) is 24.2 Å². The van der Waals surface area contributed by atoms with Crippen molar-refractivity contribution < 1.29 is 19.1 Å². The predicted octanol–water partition coefficient (Wildman–Crippen LogP) is 0.896. The van der Waals surface area contributed by atoms with Gasteiger partial charge in [-0.2, -0.15) is 4.98 Å². The first-order valence-electron chi connectivity index (χ1n) is 10.2. The van der Waals surface area contributed by atoms with Crippen LogP contribution in [0.4, 0.5) is 11.6 Å². The number of anilines is 2. The Morgan fingerprint density at radius 2 is 2.00 bits per heavy atom. The van der Waals surface area contributed by atoms with E-state index in [4.69, 9.17) is 10.5 Å². The quantitative estimate of drug-likeness (QED) is 0.240. The molecule has 0 spiro atoms. The monoisotopic (exact) mass is 453 g/mol. The van der Waals surface area contributed by atoms with E-state index < -0.39 is 17.7 Å². The van der Waals surface area contributed by atoms with Crippen LogP contribution < -0.4 is 21.9 Å². The van der Waals surface area contributed by atoms with Gasteiger partial charge in [0.15, 0.2) is 17.4 Å². The fourth-order valence-electron chi connectivity index (χ4n) is 2.93. The Morgan fingerprint density at radius 1 is 1.24 bits per heavy atom. The second kappa shape index (κ2) is 10.8. The number of amides is 1. The highest BCUT2D eigenvalue weighted by Crippen LogP contribution is 2.12. The summed E-state index contributed by atoms with van der Waals surface area (Å²) >= 11 is 0. The highest BCUT2D eigenvalue weighted by atomic mass is 16.5. The second-order valence-corrected chi connectivity index (χ2v) is 7.04. The molecule has 1 amide bonds. The van der Waals surface area contributed by atoms with Crippen LogP contribution in [0.5, 0.6) is 0 Å². The maximum Gasteiger partial charge on any atom is 0.295 e. The second-order valence-electron chi connectivity index (χ2n) is 7.04. The van der Waals surface area contributed by atoms with E-state index in [1.807, 2.05) is 0 Å². The maximum absolute atomic E-state index is 12.4. The van der Waals surface area contributed by atoms with Crippen LogP contribution in [0, 0.1) is 0 Å². The number of benzene rings is 1. The van der Waals surface area contributed by atoms with Crippen molar-refractivity contribution in [1.82, 2.24) is 25.3 Å². The number of aromatic nitrogens is 4. The molecule has 0 bridgehead atoms. The largest absolute Gasteiger partial charge is 0.444 e. The minimum atomic E-state index is -0.886. The van der Waals surface area contributed by atoms with Crippen LogP contribution in [0.25, 0.3) is 11.2 Å². The number of hydrogen-bond donors (Lipinski definition) is 4. The molecule has 0 aliphatic rings. The van der Waals surface area contributed by atoms with Crippen LogP contribution in [-0.4, -0.2) is 44.3 Å². The molecule has 2 aromatic heterocycles. The Kier molecular flexibility index (Phi) is 7.63. The molecule has 0 aliphatic carbocycles. The fraction of sp³-hybridized carbons (Fsp3) is 0.286. The van der Waals surface area contributed by atoms with Gasteiger partial charge in [0, 0.05) is 30.5 Å². The molecule has 12 heteroatoms. The van der Waals surface area contributed by atoms with Gasteiger partial charge in [0.05, 0.1) is 18.4 Å². The first-order chi connectivity index (χ1) is 15.9. The van der Waals surface area contributed by atoms with Crippen molar-refractivity contribution >= 4 is 41.0 Å². The van der Waals surface area contributed by atoms with E-state index in [0.717, 1.165) is 0 Å². The molecule has 3 aromatic rings. The Morgan fingerprint density at radius 3 is 2.70 bits per heavy atom. The molecule has 0 fully saturated rings. The lowest BCUT2D eigenvalue weighted by atomic mass is 10.1. The minimum Gasteiger partial charge on any atom is -0.444 e. The molecular weight excluding hydrogens is 430 g/mol. The topological polar surface area (TPSA) is 182 Å². The minimum absolute atomic E-state index is 0.0141. The van der Waals surface area contributed by atoms with Gasteiger partial charge in [0.2, 0.25) is 5.95 Å². The molecule has 3 rings (SSSR count). The van der Waals surface area contributed by atoms with Crippen molar-refractivity contribution in [3.8, 4) is 0 Å². The molecule has 5 N–H and O–H groups in total. The number of aromatic amines is 1. The van der Waals surface area contributed by atoms with Crippen molar-refractivity contribution in [2.24, 2.45) is 0 Å². The third-order valence-corrected chi connectivity index (χ3v) is 4.70. The van der Waals surface area contributed by atoms with Gasteiger partial charge in [-0.15, -0.1) is 0 Å². The summed E-state index contributed by atoms with van der Waals surface area (Å²) in [4.78, 5) is 61.2. The molecule has 0 unspecified atom stereocenters. The molecular formula is C21H23N7O5. The number of carbonyl (C=O) groups excluding carboxylic acids is 3. The lowest BCUT2D eigenvalue weighted by molar-refractivity contribution is -0.135. The summed E-state index contributed by atoms with van der Waals surface area (Å²) in [5, 5.41) is 5.71. The number of rotatable bonds is 11. The van der Waals surface area contributed by atoms with E-state index >= 15 is 0 Å². The van der Waals surface area contributed by atoms with Gasteiger partial charge in [-0.1, -0.05) is 6.92 Å². The molecule has 0 saturated carbocycles. The Labute approximate surface area is 188 Å². The van der Waals surface area contributed by atoms with Crippen molar-refractivity contribution in [2.75, 3.05) is 11.1 Å². The summed E-state index contributed by atoms with van der Waals surface area (Å²) in [7, 11) is 0. The van der Waals surface area contributed by atoms with Crippen LogP contribution in [0.15, 0.2) is 35.3 Å². The number of hydrogen-bond acceptors (Lipinski definition) is 10. The third kappa shape index (κ3) is 6.32. The number of nitrogens with zero attached hydrogens (tertiary/aromatic N) is 3. The number of nitrogens with two attached hydrogens (primary N) is 1. The van der Waals surface area contributed by atoms with Crippen LogP contribution in [0.2, 0.25) is 0 Å². The van der Waals surface area contributed by atoms with E-state index in [0.29, 0.717) is 23.4 Å². The summed E-state index contributed by atoms with van der Waals surface area (Å²) in [5.41, 5.74) is 6.83. The predicted molar refractivity (Wildman–Crippen MR) is 119 cm³/mol. The summed E-state index contributed by atoms with van der Waals surface area (Å²) < 4.78 is 4.86. The Hall–Kier alpha value is -4.35. The van der Waals surface area contributed by atoms with Gasteiger partial charge in [-0.25, -0.2) is 9.97 Å². The fourth-order valence-corrected chi connectivity index (χ4v) is 2.93. The van der Waals surface area contributed by atoms with E-state index in [9.17, 15) is 19.2 Å². The third-order valence-electron chi connectivity index (χ3n) is 4.70. The van der Waals surface area contributed by atoms with Crippen LogP contribution in [0.1, 0.15) is 42.2 Å². The lowest BCUT2D eigenvalue weighted by Crippen LogP contribution is -2.37. The van der Waals surface area contributed by atoms with E-state index in [1.54, 1.807) is 31.2 Å². The lowest BCUT2D eigenvalue weighted by Gasteiger charge is -2.16. The number of ketones is 1. The van der Waals surface area contributed by atoms with Crippen LogP contribution in [0.3, 0.4) is 0 Å². The molecule has 12 nitrogen and oxygen atoms in total. The maximum atomic E-state index is 12.4. The first-order valence-corrected chi connectivity index (χ1v) is 10.2. The van der Waals surface area contributed by atoms with Crippen LogP contribution >= 0.6 is 0 Å². The van der Waals surface area contributed by atoms with E-state index in [-0.39, 0.29) is 48.8 Å². The van der Waals surface area contributed by atoms with Gasteiger partial charge in [0.25, 0.3) is 17.9 Å². The normalized spacial score (nSPS) is 11.5. The number of carbonyl (C=O) groups is 3. The standard InChI is InChI=1S/C21H23N7O5/c1-2-15(30)7-8-16(33-11-29)26-19(31)12-3-5-13(6-4-12)23-9-14-10-24-18-17(25-14)20(32)28-21(22)27-18/h3-6,10-11,16,23H,2,7-9H2,1H3,(H,26,31)(H3,22,24,27,28,32)/t16-/m1/s1. The van der Waals surface area contributed by atoms with Crippen LogP contribution in [-0.2, 0) is 20.9 Å². The number of Topliss-reactive ketones (excluding diaryl/α,β-unsaturated/α-hetero) is 1. The van der Waals surface area contributed by atoms with Gasteiger partial charge >= 0.3 is 0 Å². The van der Waals surface area contributed by atoms with Gasteiger partial charge < -0.3 is 21.1 Å². The van der Waals surface area contributed by atoms with Crippen molar-refractivity contribution in [1.29, 1.82) is 0 Å². The van der Waals surface area contributed by atoms with Crippen molar-refractivity contribution in [2.45, 2.75) is 39.0 Å². The Bertz CT molecular complexity index is 1210. The van der Waals surface area contributed by atoms with E-state index in [2.05, 4.69) is 30.6 Å². The summed E-state index contributed by atoms with van der Waals surface area (Å²) in [5.74, 6) is -0.459. The molecule has 0 aliphatic heterocycles. The highest BCUT2D eigenvalue weighted by molar-refractivity contribution is 5.94. The zero-order valence-corrected chi connectivity index (χ0v) is 17.8. The smallest absolute Gasteiger partial charge is 0.295 e. The molecule has 0 saturated heterocycles. The van der Waals surface area contributed by atoms with Crippen molar-refractivity contribution in [3.05, 3.63) is 52.1 Å². The zero-order chi connectivity index (χ0) is 23.8. The van der Waals surface area contributed by atoms with E-state index in [1.165, 1.54) is 6.20 Å². The zero-order valence-electron chi connectivity index (χ0n) is 17.8. The summed E-state index contributed by atoms with van der Waals surface area (Å²) in [6.07, 6.45) is 1.38. The number of nitrogens with one attached hydrogen (secondary N) is 3. The molecule has 0 radical (unpaired) electrons. The number of fused-ring (bicyclic) bond motifs is 1. The van der Waals surface area contributed by atoms with Gasteiger partial charge in [0.1, 0.15) is 5.78 Å². The average molecular weight is 453 g/mol. The van der Waals surface area contributed by atoms with Gasteiger partial charge in [-0.05, 0) is 24.3 Å². The molecule has 1 aromatic carbocycles. The first kappa shape index (κ1) is 23.3. The molecule has 1 atom stereocenters. The highest BCUT2D eigenvalue weighted by Gasteiger charge is 2.16. The number of H-pyrrole nitrogens is 1. The summed E-state index contributed by atoms with van der Waals surface area (Å²) in [6.45, 7) is 2.26. The Balaban J connectivity index is 1.59. The number of ether oxygens (including phenoxy) is 1. The SMILES string of the molecule is CCC(=O)CC[C@H](NC(=O)c1ccc(NCc2cnc3nc(N)[nH]c(=O)c3n2)cc1)OC=O. The van der Waals surface area contributed by atoms with Crippen molar-refractivity contribution in [3.63, 3.8) is 0 Å². The molecule has 172 valence electrons. The molecule has 2 heterocycles. The number of nitrogen functional groups attached to an aromatic ring is 1. The average Bonchev–Trinajstić information content (AvgIpc) is 2.81. The summed E-state index contributed by atoms with van der Waals surface area (Å²) in [6, 6.07) is 6.57. The molecule has 33 heavy (non-hydrogen) atoms.